The molecule has 0 saturated heterocycles. The minimum atomic E-state index is 0.704. The molecule has 2 unspecified atom stereocenters. The van der Waals surface area contributed by atoms with Gasteiger partial charge in [0.1, 0.15) is 0 Å². The third kappa shape index (κ3) is 3.71. The van der Waals surface area contributed by atoms with Crippen LogP contribution >= 0.6 is 0 Å². The molecule has 0 radical (unpaired) electrons. The van der Waals surface area contributed by atoms with Crippen molar-refractivity contribution in [1.29, 1.82) is 0 Å². The molecule has 2 fully saturated rings. The monoisotopic (exact) mass is 237 g/mol. The number of hydrogen-bond donors (Lipinski definition) is 1. The zero-order valence-corrected chi connectivity index (χ0v) is 11.9. The molecule has 2 saturated carbocycles. The van der Waals surface area contributed by atoms with Crippen LogP contribution in [0.1, 0.15) is 71.6 Å². The second-order valence-electron chi connectivity index (χ2n) is 6.61. The van der Waals surface area contributed by atoms with Gasteiger partial charge in [0.05, 0.1) is 0 Å². The Morgan fingerprint density at radius 2 is 1.71 bits per heavy atom. The summed E-state index contributed by atoms with van der Waals surface area (Å²) in [5, 5.41) is 3.62. The number of fused-ring (bicyclic) bond motifs is 1. The summed E-state index contributed by atoms with van der Waals surface area (Å²) in [4.78, 5) is 0. The van der Waals surface area contributed by atoms with E-state index in [9.17, 15) is 0 Å². The van der Waals surface area contributed by atoms with Crippen LogP contribution in [0, 0.1) is 17.3 Å². The van der Waals surface area contributed by atoms with Gasteiger partial charge in [-0.05, 0) is 49.5 Å². The van der Waals surface area contributed by atoms with E-state index < -0.39 is 0 Å². The average Bonchev–Trinajstić information content (AvgIpc) is 2.95. The highest BCUT2D eigenvalue weighted by Crippen LogP contribution is 2.61. The Hall–Kier alpha value is -0.0400. The molecule has 0 aromatic rings. The lowest BCUT2D eigenvalue weighted by Gasteiger charge is -2.31. The third-order valence-corrected chi connectivity index (χ3v) is 5.02. The summed E-state index contributed by atoms with van der Waals surface area (Å²) in [6, 6.07) is 0. The topological polar surface area (TPSA) is 12.0 Å². The second-order valence-corrected chi connectivity index (χ2v) is 6.61. The fraction of sp³-hybridized carbons (Fsp3) is 1.00. The lowest BCUT2D eigenvalue weighted by Crippen LogP contribution is -2.33. The molecule has 0 aromatic heterocycles. The molecule has 1 N–H and O–H groups in total. The molecule has 1 heteroatoms. The zero-order valence-electron chi connectivity index (χ0n) is 11.9. The van der Waals surface area contributed by atoms with Gasteiger partial charge in [-0.1, -0.05) is 46.0 Å². The van der Waals surface area contributed by atoms with Crippen molar-refractivity contribution in [3.63, 3.8) is 0 Å². The molecule has 0 aromatic carbocycles. The standard InChI is InChI=1S/C16H31N/c1-3-5-6-7-8-9-16(13-17-4-2)11-14-10-15(14)12-16/h14-15,17H,3-13H2,1-2H3. The molecule has 2 aliphatic rings. The van der Waals surface area contributed by atoms with Gasteiger partial charge < -0.3 is 5.32 Å². The highest BCUT2D eigenvalue weighted by molar-refractivity contribution is 5.03. The minimum Gasteiger partial charge on any atom is -0.316 e. The molecule has 2 rings (SSSR count). The Morgan fingerprint density at radius 1 is 1.00 bits per heavy atom. The van der Waals surface area contributed by atoms with Crippen LogP contribution in [-0.4, -0.2) is 13.1 Å². The summed E-state index contributed by atoms with van der Waals surface area (Å²) < 4.78 is 0. The van der Waals surface area contributed by atoms with Gasteiger partial charge in [-0.2, -0.15) is 0 Å². The van der Waals surface area contributed by atoms with Crippen LogP contribution in [0.2, 0.25) is 0 Å². The van der Waals surface area contributed by atoms with E-state index in [1.807, 2.05) is 0 Å². The molecule has 0 aliphatic heterocycles. The van der Waals surface area contributed by atoms with Crippen LogP contribution in [0.5, 0.6) is 0 Å². The van der Waals surface area contributed by atoms with Crippen LogP contribution in [-0.2, 0) is 0 Å². The zero-order chi connectivity index (χ0) is 12.1. The highest BCUT2D eigenvalue weighted by atomic mass is 14.9. The molecule has 1 nitrogen and oxygen atoms in total. The number of rotatable bonds is 9. The first-order valence-electron chi connectivity index (χ1n) is 8.00. The van der Waals surface area contributed by atoms with Gasteiger partial charge >= 0.3 is 0 Å². The molecule has 100 valence electrons. The van der Waals surface area contributed by atoms with Gasteiger partial charge in [0.2, 0.25) is 0 Å². The molecule has 0 spiro atoms. The summed E-state index contributed by atoms with van der Waals surface area (Å²) in [5.41, 5.74) is 0.704. The van der Waals surface area contributed by atoms with Crippen LogP contribution < -0.4 is 5.32 Å². The van der Waals surface area contributed by atoms with Gasteiger partial charge in [0, 0.05) is 6.54 Å². The van der Waals surface area contributed by atoms with Crippen molar-refractivity contribution in [2.24, 2.45) is 17.3 Å². The largest absolute Gasteiger partial charge is 0.316 e. The normalized spacial score (nSPS) is 34.9. The third-order valence-electron chi connectivity index (χ3n) is 5.02. The van der Waals surface area contributed by atoms with E-state index in [0.717, 1.165) is 18.4 Å². The molecule has 0 amide bonds. The van der Waals surface area contributed by atoms with Crippen molar-refractivity contribution in [2.45, 2.75) is 71.6 Å². The number of unbranched alkanes of at least 4 members (excludes halogenated alkanes) is 4. The lowest BCUT2D eigenvalue weighted by molar-refractivity contribution is 0.223. The predicted molar refractivity (Wildman–Crippen MR) is 75.2 cm³/mol. The quantitative estimate of drug-likeness (QED) is 0.587. The maximum atomic E-state index is 3.62. The average molecular weight is 237 g/mol. The first-order chi connectivity index (χ1) is 8.29. The van der Waals surface area contributed by atoms with E-state index in [1.165, 1.54) is 45.1 Å². The van der Waals surface area contributed by atoms with Gasteiger partial charge in [-0.25, -0.2) is 0 Å². The Labute approximate surface area is 108 Å². The van der Waals surface area contributed by atoms with Gasteiger partial charge in [0.25, 0.3) is 0 Å². The van der Waals surface area contributed by atoms with Crippen molar-refractivity contribution in [2.75, 3.05) is 13.1 Å². The van der Waals surface area contributed by atoms with Crippen LogP contribution in [0.3, 0.4) is 0 Å². The van der Waals surface area contributed by atoms with Crippen LogP contribution in [0.15, 0.2) is 0 Å². The van der Waals surface area contributed by atoms with E-state index in [0.29, 0.717) is 5.41 Å². The Morgan fingerprint density at radius 3 is 2.35 bits per heavy atom. The first-order valence-corrected chi connectivity index (χ1v) is 8.00. The molecular weight excluding hydrogens is 206 g/mol. The summed E-state index contributed by atoms with van der Waals surface area (Å²) in [6.45, 7) is 6.99. The molecular formula is C16H31N. The maximum absolute atomic E-state index is 3.62. The molecule has 2 atom stereocenters. The van der Waals surface area contributed by atoms with E-state index in [-0.39, 0.29) is 0 Å². The molecule has 2 aliphatic carbocycles. The Kier molecular flexibility index (Phi) is 4.90. The summed E-state index contributed by atoms with van der Waals surface area (Å²) in [5.74, 6) is 2.26. The highest BCUT2D eigenvalue weighted by Gasteiger charge is 2.52. The van der Waals surface area contributed by atoms with Gasteiger partial charge in [-0.3, -0.25) is 0 Å². The van der Waals surface area contributed by atoms with E-state index >= 15 is 0 Å². The predicted octanol–water partition coefficient (Wildman–Crippen LogP) is 4.37. The van der Waals surface area contributed by atoms with E-state index in [4.69, 9.17) is 0 Å². The maximum Gasteiger partial charge on any atom is 0.000790 e. The molecule has 0 bridgehead atoms. The van der Waals surface area contributed by atoms with Crippen molar-refractivity contribution in [1.82, 2.24) is 5.32 Å². The van der Waals surface area contributed by atoms with Crippen molar-refractivity contribution < 1.29 is 0 Å². The smallest absolute Gasteiger partial charge is 0.000790 e. The summed E-state index contributed by atoms with van der Waals surface area (Å²) in [6.07, 6.45) is 13.3. The fourth-order valence-electron chi connectivity index (χ4n) is 3.94. The molecule has 17 heavy (non-hydrogen) atoms. The second kappa shape index (κ2) is 6.22. The van der Waals surface area contributed by atoms with Crippen LogP contribution in [0.4, 0.5) is 0 Å². The van der Waals surface area contributed by atoms with Gasteiger partial charge in [-0.15, -0.1) is 0 Å². The fourth-order valence-corrected chi connectivity index (χ4v) is 3.94. The van der Waals surface area contributed by atoms with E-state index in [2.05, 4.69) is 19.2 Å². The SMILES string of the molecule is CCCCCCCC1(CNCC)CC2CC2C1. The number of nitrogens with one attached hydrogen (secondary N) is 1. The minimum absolute atomic E-state index is 0.704. The van der Waals surface area contributed by atoms with Crippen LogP contribution in [0.25, 0.3) is 0 Å². The van der Waals surface area contributed by atoms with Gasteiger partial charge in [0.15, 0.2) is 0 Å². The summed E-state index contributed by atoms with van der Waals surface area (Å²) >= 11 is 0. The van der Waals surface area contributed by atoms with Crippen molar-refractivity contribution in [3.05, 3.63) is 0 Å². The Bertz CT molecular complexity index is 214. The van der Waals surface area contributed by atoms with E-state index in [1.54, 1.807) is 19.3 Å². The molecule has 0 heterocycles. The van der Waals surface area contributed by atoms with Crippen molar-refractivity contribution in [3.8, 4) is 0 Å². The first kappa shape index (κ1) is 13.4. The summed E-state index contributed by atoms with van der Waals surface area (Å²) in [7, 11) is 0. The Balaban J connectivity index is 1.68. The lowest BCUT2D eigenvalue weighted by atomic mass is 9.78. The van der Waals surface area contributed by atoms with Crippen molar-refractivity contribution >= 4 is 0 Å². The number of hydrogen-bond acceptors (Lipinski definition) is 1.